The van der Waals surface area contributed by atoms with Crippen molar-refractivity contribution >= 4 is 17.3 Å². The third kappa shape index (κ3) is 3.53. The van der Waals surface area contributed by atoms with Crippen LogP contribution in [0.5, 0.6) is 0 Å². The number of hydrogen-bond acceptors (Lipinski definition) is 3. The average Bonchev–Trinajstić information content (AvgIpc) is 3.04. The summed E-state index contributed by atoms with van der Waals surface area (Å²) in [5.41, 5.74) is 2.57. The van der Waals surface area contributed by atoms with Gasteiger partial charge in [0.25, 0.3) is 0 Å². The molecule has 0 bridgehead atoms. The zero-order chi connectivity index (χ0) is 14.7. The molecule has 0 radical (unpaired) electrons. The third-order valence-corrected chi connectivity index (χ3v) is 5.14. The minimum atomic E-state index is 0.304. The van der Waals surface area contributed by atoms with E-state index in [1.54, 1.807) is 0 Å². The number of rotatable bonds is 4. The Bertz CT molecular complexity index is 474. The lowest BCUT2D eigenvalue weighted by Gasteiger charge is -2.33. The van der Waals surface area contributed by atoms with Gasteiger partial charge in [-0.15, -0.1) is 0 Å². The molecule has 1 N–H and O–H groups in total. The molecule has 116 valence electrons. The summed E-state index contributed by atoms with van der Waals surface area (Å²) in [6.07, 6.45) is 4.88. The van der Waals surface area contributed by atoms with Crippen molar-refractivity contribution in [1.29, 1.82) is 0 Å². The summed E-state index contributed by atoms with van der Waals surface area (Å²) in [4.78, 5) is 4.92. The molecule has 3 rings (SSSR count). The molecular formula is C17H25ClN2O. The van der Waals surface area contributed by atoms with Crippen LogP contribution in [0.15, 0.2) is 18.2 Å². The van der Waals surface area contributed by atoms with Crippen LogP contribution in [0, 0.1) is 5.92 Å². The largest absolute Gasteiger partial charge is 0.396 e. The summed E-state index contributed by atoms with van der Waals surface area (Å²) in [7, 11) is 0. The number of hydrogen-bond donors (Lipinski definition) is 1. The third-order valence-electron chi connectivity index (χ3n) is 4.78. The van der Waals surface area contributed by atoms with Crippen molar-refractivity contribution in [1.82, 2.24) is 4.90 Å². The van der Waals surface area contributed by atoms with Gasteiger partial charge in [0, 0.05) is 49.1 Å². The van der Waals surface area contributed by atoms with Crippen molar-refractivity contribution in [3.63, 3.8) is 0 Å². The van der Waals surface area contributed by atoms with Crippen LogP contribution in [0.4, 0.5) is 5.69 Å². The highest BCUT2D eigenvalue weighted by Crippen LogP contribution is 2.32. The Kier molecular flexibility index (Phi) is 5.04. The van der Waals surface area contributed by atoms with E-state index in [0.29, 0.717) is 12.5 Å². The highest BCUT2D eigenvalue weighted by Gasteiger charge is 2.23. The number of halogens is 1. The fourth-order valence-electron chi connectivity index (χ4n) is 3.63. The molecule has 3 nitrogen and oxygen atoms in total. The van der Waals surface area contributed by atoms with E-state index in [9.17, 15) is 5.11 Å². The highest BCUT2D eigenvalue weighted by atomic mass is 35.5. The number of benzene rings is 1. The number of aliphatic hydroxyl groups excluding tert-OH is 1. The van der Waals surface area contributed by atoms with Gasteiger partial charge in [-0.3, -0.25) is 4.90 Å². The molecule has 1 atom stereocenters. The molecule has 2 heterocycles. The van der Waals surface area contributed by atoms with Crippen LogP contribution in [-0.4, -0.2) is 42.8 Å². The van der Waals surface area contributed by atoms with Gasteiger partial charge >= 0.3 is 0 Å². The van der Waals surface area contributed by atoms with Crippen LogP contribution in [0.25, 0.3) is 0 Å². The molecule has 0 amide bonds. The molecule has 2 saturated heterocycles. The maximum atomic E-state index is 9.40. The van der Waals surface area contributed by atoms with E-state index in [1.165, 1.54) is 30.5 Å². The van der Waals surface area contributed by atoms with Crippen LogP contribution < -0.4 is 4.90 Å². The minimum Gasteiger partial charge on any atom is -0.396 e. The van der Waals surface area contributed by atoms with E-state index in [-0.39, 0.29) is 0 Å². The second-order valence-corrected chi connectivity index (χ2v) is 6.76. The second-order valence-electron chi connectivity index (χ2n) is 6.36. The number of piperidine rings is 1. The van der Waals surface area contributed by atoms with Crippen molar-refractivity contribution in [2.45, 2.75) is 32.2 Å². The Morgan fingerprint density at radius 3 is 2.71 bits per heavy atom. The molecule has 21 heavy (non-hydrogen) atoms. The summed E-state index contributed by atoms with van der Waals surface area (Å²) in [5, 5.41) is 10.3. The van der Waals surface area contributed by atoms with E-state index >= 15 is 0 Å². The van der Waals surface area contributed by atoms with Crippen LogP contribution in [-0.2, 0) is 6.54 Å². The molecule has 0 unspecified atom stereocenters. The van der Waals surface area contributed by atoms with Gasteiger partial charge in [0.15, 0.2) is 0 Å². The molecule has 0 spiro atoms. The Morgan fingerprint density at radius 1 is 1.14 bits per heavy atom. The average molecular weight is 309 g/mol. The summed E-state index contributed by atoms with van der Waals surface area (Å²) in [6, 6.07) is 6.27. The number of likely N-dealkylation sites (tertiary alicyclic amines) is 1. The number of aliphatic hydroxyl groups is 1. The van der Waals surface area contributed by atoms with Crippen LogP contribution >= 0.6 is 11.6 Å². The first-order valence-corrected chi connectivity index (χ1v) is 8.51. The molecule has 1 aromatic carbocycles. The predicted octanol–water partition coefficient (Wildman–Crippen LogP) is 3.14. The zero-order valence-corrected chi connectivity index (χ0v) is 13.4. The minimum absolute atomic E-state index is 0.304. The molecule has 1 aromatic rings. The highest BCUT2D eigenvalue weighted by molar-refractivity contribution is 6.31. The van der Waals surface area contributed by atoms with Gasteiger partial charge in [0.2, 0.25) is 0 Å². The van der Waals surface area contributed by atoms with Crippen LogP contribution in [0.1, 0.15) is 31.2 Å². The van der Waals surface area contributed by atoms with Crippen molar-refractivity contribution in [2.24, 2.45) is 5.92 Å². The lowest BCUT2D eigenvalue weighted by atomic mass is 9.98. The molecule has 2 aliphatic rings. The van der Waals surface area contributed by atoms with E-state index in [2.05, 4.69) is 21.9 Å². The van der Waals surface area contributed by atoms with Crippen LogP contribution in [0.2, 0.25) is 5.02 Å². The van der Waals surface area contributed by atoms with Gasteiger partial charge < -0.3 is 10.0 Å². The van der Waals surface area contributed by atoms with Crippen molar-refractivity contribution in [3.8, 4) is 0 Å². The maximum Gasteiger partial charge on any atom is 0.0471 e. The van der Waals surface area contributed by atoms with Gasteiger partial charge in [-0.25, -0.2) is 0 Å². The first-order valence-electron chi connectivity index (χ1n) is 8.13. The quantitative estimate of drug-likeness (QED) is 0.925. The van der Waals surface area contributed by atoms with Crippen LogP contribution in [0.3, 0.4) is 0 Å². The van der Waals surface area contributed by atoms with Gasteiger partial charge in [-0.2, -0.15) is 0 Å². The Morgan fingerprint density at radius 2 is 1.95 bits per heavy atom. The monoisotopic (exact) mass is 308 g/mol. The fourth-order valence-corrected chi connectivity index (χ4v) is 3.85. The molecule has 0 aliphatic carbocycles. The second kappa shape index (κ2) is 6.99. The molecule has 2 fully saturated rings. The lowest BCUT2D eigenvalue weighted by Crippen LogP contribution is -2.36. The van der Waals surface area contributed by atoms with Gasteiger partial charge in [-0.05, 0) is 50.3 Å². The SMILES string of the molecule is OC[C@H]1CCCN(Cc2c(Cl)cccc2N2CCCC2)C1. The predicted molar refractivity (Wildman–Crippen MR) is 88.0 cm³/mol. The van der Waals surface area contributed by atoms with E-state index in [0.717, 1.165) is 44.2 Å². The van der Waals surface area contributed by atoms with Gasteiger partial charge in [-0.1, -0.05) is 17.7 Å². The van der Waals surface area contributed by atoms with Crippen molar-refractivity contribution in [2.75, 3.05) is 37.7 Å². The van der Waals surface area contributed by atoms with Crippen molar-refractivity contribution < 1.29 is 5.11 Å². The molecule has 2 aliphatic heterocycles. The van der Waals surface area contributed by atoms with E-state index in [1.807, 2.05) is 6.07 Å². The van der Waals surface area contributed by atoms with E-state index in [4.69, 9.17) is 11.6 Å². The molecule has 4 heteroatoms. The van der Waals surface area contributed by atoms with Gasteiger partial charge in [0.1, 0.15) is 0 Å². The number of nitrogens with zero attached hydrogens (tertiary/aromatic N) is 2. The maximum absolute atomic E-state index is 9.40. The lowest BCUT2D eigenvalue weighted by molar-refractivity contribution is 0.116. The topological polar surface area (TPSA) is 26.7 Å². The van der Waals surface area contributed by atoms with Crippen molar-refractivity contribution in [3.05, 3.63) is 28.8 Å². The summed E-state index contributed by atoms with van der Waals surface area (Å²) in [6.45, 7) is 5.60. The van der Waals surface area contributed by atoms with E-state index < -0.39 is 0 Å². The Labute approximate surface area is 132 Å². The summed E-state index contributed by atoms with van der Waals surface area (Å²) in [5.74, 6) is 0.427. The first-order chi connectivity index (χ1) is 10.3. The number of anilines is 1. The first kappa shape index (κ1) is 15.1. The molecule has 0 aromatic heterocycles. The molecule has 0 saturated carbocycles. The normalized spacial score (nSPS) is 23.7. The summed E-state index contributed by atoms with van der Waals surface area (Å²) >= 11 is 6.49. The Balaban J connectivity index is 1.77. The Hall–Kier alpha value is -0.770. The molecular weight excluding hydrogens is 284 g/mol. The smallest absolute Gasteiger partial charge is 0.0471 e. The standard InChI is InChI=1S/C17H25ClN2O/c18-16-6-3-7-17(20-9-1-2-10-20)15(16)12-19-8-4-5-14(11-19)13-21/h3,6-7,14,21H,1-2,4-5,8-13H2/t14-/m0/s1. The summed E-state index contributed by atoms with van der Waals surface area (Å²) < 4.78 is 0. The zero-order valence-electron chi connectivity index (χ0n) is 12.6. The van der Waals surface area contributed by atoms with Gasteiger partial charge in [0.05, 0.1) is 0 Å². The fraction of sp³-hybridized carbons (Fsp3) is 0.647.